The van der Waals surface area contributed by atoms with Gasteiger partial charge in [-0.1, -0.05) is 6.08 Å². The minimum absolute atomic E-state index is 0.184. The van der Waals surface area contributed by atoms with Crippen LogP contribution in [0.25, 0.3) is 5.57 Å². The molecular formula is C13H21N3O. The van der Waals surface area contributed by atoms with Crippen molar-refractivity contribution in [2.45, 2.75) is 44.9 Å². The van der Waals surface area contributed by atoms with Crippen molar-refractivity contribution in [3.63, 3.8) is 0 Å². The zero-order valence-corrected chi connectivity index (χ0v) is 10.8. The molecule has 0 bridgehead atoms. The average Bonchev–Trinajstić information content (AvgIpc) is 2.86. The standard InChI is InChI=1S/C13H21N3O/c1-13(2,17-3)8-16-9-15-7-12(16)10-4-5-11(14)6-10/h4,7,9,11H,5-6,8,14H2,1-3H3. The maximum atomic E-state index is 5.93. The normalized spacial score (nSPS) is 20.7. The SMILES string of the molecule is COC(C)(C)Cn1cncc1C1=CCC(N)C1. The molecule has 0 aliphatic heterocycles. The zero-order valence-electron chi connectivity index (χ0n) is 10.8. The number of imidazole rings is 1. The molecule has 2 N–H and O–H groups in total. The monoisotopic (exact) mass is 235 g/mol. The van der Waals surface area contributed by atoms with Crippen LogP contribution in [0.5, 0.6) is 0 Å². The molecule has 1 aliphatic carbocycles. The summed E-state index contributed by atoms with van der Waals surface area (Å²) in [5.41, 5.74) is 8.22. The van der Waals surface area contributed by atoms with Gasteiger partial charge in [-0.2, -0.15) is 0 Å². The van der Waals surface area contributed by atoms with Crippen LogP contribution in [-0.2, 0) is 11.3 Å². The number of hydrogen-bond acceptors (Lipinski definition) is 3. The maximum absolute atomic E-state index is 5.93. The lowest BCUT2D eigenvalue weighted by Crippen LogP contribution is -2.29. The Balaban J connectivity index is 2.18. The second-order valence-corrected chi connectivity index (χ2v) is 5.30. The van der Waals surface area contributed by atoms with Crippen LogP contribution in [0.1, 0.15) is 32.4 Å². The lowest BCUT2D eigenvalue weighted by Gasteiger charge is -2.24. The molecule has 0 fully saturated rings. The highest BCUT2D eigenvalue weighted by Gasteiger charge is 2.22. The van der Waals surface area contributed by atoms with Crippen LogP contribution < -0.4 is 5.73 Å². The van der Waals surface area contributed by atoms with Crippen molar-refractivity contribution in [1.29, 1.82) is 0 Å². The first-order chi connectivity index (χ1) is 8.02. The first kappa shape index (κ1) is 12.3. The van der Waals surface area contributed by atoms with E-state index in [0.717, 1.165) is 19.4 Å². The molecule has 0 spiro atoms. The molecule has 1 heterocycles. The van der Waals surface area contributed by atoms with E-state index in [4.69, 9.17) is 10.5 Å². The fraction of sp³-hybridized carbons (Fsp3) is 0.615. The van der Waals surface area contributed by atoms with Crippen molar-refractivity contribution in [2.24, 2.45) is 5.73 Å². The summed E-state index contributed by atoms with van der Waals surface area (Å²) >= 11 is 0. The van der Waals surface area contributed by atoms with Gasteiger partial charge in [0.2, 0.25) is 0 Å². The van der Waals surface area contributed by atoms with Gasteiger partial charge in [-0.25, -0.2) is 4.98 Å². The Kier molecular flexibility index (Phi) is 3.35. The maximum Gasteiger partial charge on any atom is 0.0951 e. The largest absolute Gasteiger partial charge is 0.377 e. The van der Waals surface area contributed by atoms with Crippen LogP contribution in [0.4, 0.5) is 0 Å². The number of nitrogens with two attached hydrogens (primary N) is 1. The summed E-state index contributed by atoms with van der Waals surface area (Å²) in [6.45, 7) is 4.95. The highest BCUT2D eigenvalue weighted by molar-refractivity contribution is 5.65. The first-order valence-corrected chi connectivity index (χ1v) is 6.02. The van der Waals surface area contributed by atoms with Crippen molar-refractivity contribution >= 4 is 5.57 Å². The van der Waals surface area contributed by atoms with E-state index in [1.807, 2.05) is 12.5 Å². The van der Waals surface area contributed by atoms with Crippen molar-refractivity contribution in [2.75, 3.05) is 7.11 Å². The number of nitrogens with zero attached hydrogens (tertiary/aromatic N) is 2. The Morgan fingerprint density at radius 2 is 2.35 bits per heavy atom. The third-order valence-corrected chi connectivity index (χ3v) is 3.29. The average molecular weight is 235 g/mol. The summed E-state index contributed by atoms with van der Waals surface area (Å²) in [4.78, 5) is 4.24. The number of hydrogen-bond donors (Lipinski definition) is 1. The van der Waals surface area contributed by atoms with Crippen molar-refractivity contribution in [3.05, 3.63) is 24.3 Å². The molecule has 94 valence electrons. The number of methoxy groups -OCH3 is 1. The minimum Gasteiger partial charge on any atom is -0.377 e. The molecule has 4 nitrogen and oxygen atoms in total. The van der Waals surface area contributed by atoms with Gasteiger partial charge in [0.15, 0.2) is 0 Å². The Hall–Kier alpha value is -1.13. The van der Waals surface area contributed by atoms with Crippen molar-refractivity contribution in [1.82, 2.24) is 9.55 Å². The summed E-state index contributed by atoms with van der Waals surface area (Å²) in [5.74, 6) is 0. The Morgan fingerprint density at radius 1 is 1.59 bits per heavy atom. The van der Waals surface area contributed by atoms with Gasteiger partial charge in [0.1, 0.15) is 0 Å². The second kappa shape index (κ2) is 4.63. The van der Waals surface area contributed by atoms with Crippen LogP contribution in [0.2, 0.25) is 0 Å². The lowest BCUT2D eigenvalue weighted by atomic mass is 10.1. The van der Waals surface area contributed by atoms with Gasteiger partial charge in [-0.15, -0.1) is 0 Å². The topological polar surface area (TPSA) is 53.1 Å². The third-order valence-electron chi connectivity index (χ3n) is 3.29. The summed E-state index contributed by atoms with van der Waals surface area (Å²) in [5, 5.41) is 0. The van der Waals surface area contributed by atoms with E-state index in [2.05, 4.69) is 29.5 Å². The predicted octanol–water partition coefficient (Wildman–Crippen LogP) is 1.81. The van der Waals surface area contributed by atoms with Gasteiger partial charge in [-0.3, -0.25) is 0 Å². The quantitative estimate of drug-likeness (QED) is 0.866. The summed E-state index contributed by atoms with van der Waals surface area (Å²) in [6.07, 6.45) is 7.90. The van der Waals surface area contributed by atoms with Crippen LogP contribution in [0.15, 0.2) is 18.6 Å². The summed E-state index contributed by atoms with van der Waals surface area (Å²) < 4.78 is 7.60. The molecule has 0 amide bonds. The lowest BCUT2D eigenvalue weighted by molar-refractivity contribution is 0.00797. The van der Waals surface area contributed by atoms with Crippen molar-refractivity contribution < 1.29 is 4.74 Å². The Labute approximate surface area is 102 Å². The van der Waals surface area contributed by atoms with Crippen LogP contribution in [0, 0.1) is 0 Å². The van der Waals surface area contributed by atoms with Crippen LogP contribution in [-0.4, -0.2) is 28.3 Å². The van der Waals surface area contributed by atoms with E-state index in [0.29, 0.717) is 0 Å². The highest BCUT2D eigenvalue weighted by Crippen LogP contribution is 2.27. The second-order valence-electron chi connectivity index (χ2n) is 5.30. The summed E-state index contributed by atoms with van der Waals surface area (Å²) in [6, 6.07) is 0.267. The molecule has 0 saturated carbocycles. The fourth-order valence-electron chi connectivity index (χ4n) is 2.14. The molecule has 1 unspecified atom stereocenters. The minimum atomic E-state index is -0.184. The molecule has 4 heteroatoms. The molecular weight excluding hydrogens is 214 g/mol. The molecule has 1 atom stereocenters. The van der Waals surface area contributed by atoms with E-state index in [-0.39, 0.29) is 11.6 Å². The van der Waals surface area contributed by atoms with E-state index in [1.54, 1.807) is 7.11 Å². The van der Waals surface area contributed by atoms with Crippen LogP contribution in [0.3, 0.4) is 0 Å². The van der Waals surface area contributed by atoms with Crippen molar-refractivity contribution in [3.8, 4) is 0 Å². The van der Waals surface area contributed by atoms with E-state index < -0.39 is 0 Å². The highest BCUT2D eigenvalue weighted by atomic mass is 16.5. The Morgan fingerprint density at radius 3 is 2.94 bits per heavy atom. The molecule has 2 rings (SSSR count). The number of ether oxygens (including phenoxy) is 1. The predicted molar refractivity (Wildman–Crippen MR) is 68.5 cm³/mol. The zero-order chi connectivity index (χ0) is 12.5. The molecule has 0 aromatic carbocycles. The molecule has 1 aromatic heterocycles. The van der Waals surface area contributed by atoms with E-state index in [1.165, 1.54) is 11.3 Å². The van der Waals surface area contributed by atoms with Gasteiger partial charge in [0.05, 0.1) is 30.4 Å². The molecule has 1 aliphatic rings. The van der Waals surface area contributed by atoms with Gasteiger partial charge >= 0.3 is 0 Å². The van der Waals surface area contributed by atoms with Gasteiger partial charge in [-0.05, 0) is 32.3 Å². The van der Waals surface area contributed by atoms with Gasteiger partial charge < -0.3 is 15.0 Å². The molecule has 0 radical (unpaired) electrons. The molecule has 0 saturated heterocycles. The smallest absolute Gasteiger partial charge is 0.0951 e. The van der Waals surface area contributed by atoms with E-state index >= 15 is 0 Å². The van der Waals surface area contributed by atoms with Gasteiger partial charge in [0.25, 0.3) is 0 Å². The third kappa shape index (κ3) is 2.76. The van der Waals surface area contributed by atoms with Gasteiger partial charge in [0, 0.05) is 13.2 Å². The van der Waals surface area contributed by atoms with Crippen LogP contribution >= 0.6 is 0 Å². The first-order valence-electron chi connectivity index (χ1n) is 6.02. The Bertz CT molecular complexity index is 420. The number of rotatable bonds is 4. The molecule has 1 aromatic rings. The fourth-order valence-corrected chi connectivity index (χ4v) is 2.14. The molecule has 17 heavy (non-hydrogen) atoms. The summed E-state index contributed by atoms with van der Waals surface area (Å²) in [7, 11) is 1.74. The number of aromatic nitrogens is 2. The van der Waals surface area contributed by atoms with E-state index in [9.17, 15) is 0 Å².